The summed E-state index contributed by atoms with van der Waals surface area (Å²) in [7, 11) is 0. The van der Waals surface area contributed by atoms with Crippen molar-refractivity contribution in [3.63, 3.8) is 0 Å². The molecule has 2 heterocycles. The molecular formula is C14H14N2O3S. The van der Waals surface area contributed by atoms with Crippen LogP contribution in [0.2, 0.25) is 0 Å². The van der Waals surface area contributed by atoms with E-state index in [1.165, 1.54) is 23.9 Å². The molecule has 0 saturated carbocycles. The van der Waals surface area contributed by atoms with Crippen molar-refractivity contribution in [2.24, 2.45) is 0 Å². The topological polar surface area (TPSA) is 79.3 Å². The zero-order chi connectivity index (χ0) is 14.5. The minimum Gasteiger partial charge on any atom is -0.478 e. The van der Waals surface area contributed by atoms with Crippen molar-refractivity contribution < 1.29 is 14.7 Å². The van der Waals surface area contributed by atoms with Crippen LogP contribution in [0, 0.1) is 0 Å². The number of nitrogens with zero attached hydrogens (tertiary/aromatic N) is 1. The Balaban J connectivity index is 1.95. The first-order valence-electron chi connectivity index (χ1n) is 6.07. The second-order valence-electron chi connectivity index (χ2n) is 4.45. The van der Waals surface area contributed by atoms with Gasteiger partial charge in [0.05, 0.1) is 5.56 Å². The van der Waals surface area contributed by atoms with E-state index < -0.39 is 5.97 Å². The minimum absolute atomic E-state index is 0.0157. The fraction of sp³-hybridized carbons (Fsp3) is 0.214. The quantitative estimate of drug-likeness (QED) is 0.884. The van der Waals surface area contributed by atoms with E-state index in [0.717, 1.165) is 6.42 Å². The number of pyridine rings is 1. The third-order valence-electron chi connectivity index (χ3n) is 2.74. The Morgan fingerprint density at radius 3 is 2.75 bits per heavy atom. The second-order valence-corrected chi connectivity index (χ2v) is 5.23. The Labute approximate surface area is 120 Å². The fourth-order valence-corrected chi connectivity index (χ4v) is 2.45. The molecule has 20 heavy (non-hydrogen) atoms. The number of carboxylic acids is 1. The normalized spacial score (nSPS) is 11.8. The van der Waals surface area contributed by atoms with Crippen LogP contribution in [0.4, 0.5) is 0 Å². The second kappa shape index (κ2) is 6.29. The van der Waals surface area contributed by atoms with Gasteiger partial charge in [-0.15, -0.1) is 0 Å². The Morgan fingerprint density at radius 2 is 2.20 bits per heavy atom. The van der Waals surface area contributed by atoms with E-state index in [0.29, 0.717) is 0 Å². The molecule has 2 N–H and O–H groups in total. The first-order chi connectivity index (χ1) is 9.56. The first-order valence-corrected chi connectivity index (χ1v) is 7.02. The highest BCUT2D eigenvalue weighted by Gasteiger charge is 2.12. The molecule has 0 aliphatic heterocycles. The largest absolute Gasteiger partial charge is 0.478 e. The maximum Gasteiger partial charge on any atom is 0.337 e. The smallest absolute Gasteiger partial charge is 0.337 e. The summed E-state index contributed by atoms with van der Waals surface area (Å²) in [5, 5.41) is 15.6. The number of carbonyl (C=O) groups excluding carboxylic acids is 1. The molecule has 1 amide bonds. The van der Waals surface area contributed by atoms with Gasteiger partial charge in [0.25, 0.3) is 5.91 Å². The molecule has 1 atom stereocenters. The van der Waals surface area contributed by atoms with Crippen molar-refractivity contribution in [1.82, 2.24) is 10.3 Å². The highest BCUT2D eigenvalue weighted by atomic mass is 32.1. The van der Waals surface area contributed by atoms with Gasteiger partial charge in [0.15, 0.2) is 0 Å². The van der Waals surface area contributed by atoms with Crippen molar-refractivity contribution in [2.45, 2.75) is 19.4 Å². The van der Waals surface area contributed by atoms with Gasteiger partial charge in [-0.2, -0.15) is 11.3 Å². The van der Waals surface area contributed by atoms with Crippen LogP contribution in [0.15, 0.2) is 35.2 Å². The van der Waals surface area contributed by atoms with Crippen molar-refractivity contribution in [2.75, 3.05) is 0 Å². The molecule has 104 valence electrons. The lowest BCUT2D eigenvalue weighted by Crippen LogP contribution is -2.34. The van der Waals surface area contributed by atoms with Crippen LogP contribution in [0.5, 0.6) is 0 Å². The molecule has 0 fully saturated rings. The fourth-order valence-electron chi connectivity index (χ4n) is 1.77. The molecule has 6 heteroatoms. The summed E-state index contributed by atoms with van der Waals surface area (Å²) >= 11 is 1.62. The van der Waals surface area contributed by atoms with E-state index >= 15 is 0 Å². The van der Waals surface area contributed by atoms with E-state index in [4.69, 9.17) is 5.11 Å². The van der Waals surface area contributed by atoms with E-state index in [-0.39, 0.29) is 23.2 Å². The number of carboxylic acid groups (broad SMARTS) is 1. The predicted molar refractivity (Wildman–Crippen MR) is 76.1 cm³/mol. The SMILES string of the molecule is CC(Cc1ccsc1)NC(=O)c1ccc(C(=O)O)cn1. The van der Waals surface area contributed by atoms with Gasteiger partial charge in [0, 0.05) is 12.2 Å². The molecule has 0 aliphatic carbocycles. The van der Waals surface area contributed by atoms with Crippen LogP contribution in [0.3, 0.4) is 0 Å². The van der Waals surface area contributed by atoms with Gasteiger partial charge in [-0.1, -0.05) is 0 Å². The molecule has 0 saturated heterocycles. The molecule has 2 aromatic heterocycles. The van der Waals surface area contributed by atoms with E-state index in [9.17, 15) is 9.59 Å². The molecule has 5 nitrogen and oxygen atoms in total. The highest BCUT2D eigenvalue weighted by molar-refractivity contribution is 7.07. The number of hydrogen-bond donors (Lipinski definition) is 2. The molecule has 1 unspecified atom stereocenters. The molecule has 0 aliphatic rings. The third-order valence-corrected chi connectivity index (χ3v) is 3.47. The van der Waals surface area contributed by atoms with E-state index in [1.807, 2.05) is 23.8 Å². The summed E-state index contributed by atoms with van der Waals surface area (Å²) in [6.07, 6.45) is 1.93. The number of aromatic nitrogens is 1. The molecule has 0 bridgehead atoms. The Kier molecular flexibility index (Phi) is 4.47. The van der Waals surface area contributed by atoms with Crippen LogP contribution < -0.4 is 5.32 Å². The Morgan fingerprint density at radius 1 is 1.40 bits per heavy atom. The van der Waals surface area contributed by atoms with Gasteiger partial charge in [-0.3, -0.25) is 9.78 Å². The Hall–Kier alpha value is -2.21. The van der Waals surface area contributed by atoms with Crippen LogP contribution in [-0.2, 0) is 6.42 Å². The van der Waals surface area contributed by atoms with Crippen LogP contribution in [0.1, 0.15) is 33.3 Å². The van der Waals surface area contributed by atoms with E-state index in [1.54, 1.807) is 11.3 Å². The number of rotatable bonds is 5. The molecular weight excluding hydrogens is 276 g/mol. The van der Waals surface area contributed by atoms with Crippen molar-refractivity contribution in [3.05, 3.63) is 52.0 Å². The summed E-state index contributed by atoms with van der Waals surface area (Å²) in [6, 6.07) is 4.79. The standard InChI is InChI=1S/C14H14N2O3S/c1-9(6-10-4-5-20-8-10)16-13(17)12-3-2-11(7-15-12)14(18)19/h2-5,7-9H,6H2,1H3,(H,16,17)(H,18,19). The molecule has 0 radical (unpaired) electrons. The first kappa shape index (κ1) is 14.2. The summed E-state index contributed by atoms with van der Waals surface area (Å²) in [6.45, 7) is 1.92. The van der Waals surface area contributed by atoms with E-state index in [2.05, 4.69) is 10.3 Å². The van der Waals surface area contributed by atoms with Gasteiger partial charge in [-0.05, 0) is 47.9 Å². The van der Waals surface area contributed by atoms with Gasteiger partial charge >= 0.3 is 5.97 Å². The summed E-state index contributed by atoms with van der Waals surface area (Å²) in [5.74, 6) is -1.36. The summed E-state index contributed by atoms with van der Waals surface area (Å²) in [5.41, 5.74) is 1.46. The van der Waals surface area contributed by atoms with Gasteiger partial charge in [0.2, 0.25) is 0 Å². The lowest BCUT2D eigenvalue weighted by molar-refractivity contribution is 0.0695. The average molecular weight is 290 g/mol. The van der Waals surface area contributed by atoms with Crippen LogP contribution in [-0.4, -0.2) is 28.0 Å². The average Bonchev–Trinajstić information content (AvgIpc) is 2.91. The van der Waals surface area contributed by atoms with Crippen LogP contribution in [0.25, 0.3) is 0 Å². The number of hydrogen-bond acceptors (Lipinski definition) is 4. The molecule has 2 rings (SSSR count). The number of amides is 1. The number of aromatic carboxylic acids is 1. The van der Waals surface area contributed by atoms with Gasteiger partial charge < -0.3 is 10.4 Å². The lowest BCUT2D eigenvalue weighted by atomic mass is 10.1. The third kappa shape index (κ3) is 3.64. The van der Waals surface area contributed by atoms with Crippen molar-refractivity contribution >= 4 is 23.2 Å². The van der Waals surface area contributed by atoms with Gasteiger partial charge in [-0.25, -0.2) is 4.79 Å². The predicted octanol–water partition coefficient (Wildman–Crippen LogP) is 2.20. The monoisotopic (exact) mass is 290 g/mol. The zero-order valence-electron chi connectivity index (χ0n) is 10.9. The number of thiophene rings is 1. The zero-order valence-corrected chi connectivity index (χ0v) is 11.7. The maximum absolute atomic E-state index is 11.9. The molecule has 2 aromatic rings. The van der Waals surface area contributed by atoms with Crippen LogP contribution >= 0.6 is 11.3 Å². The molecule has 0 spiro atoms. The lowest BCUT2D eigenvalue weighted by Gasteiger charge is -2.12. The number of nitrogens with one attached hydrogen (secondary N) is 1. The van der Waals surface area contributed by atoms with Crippen molar-refractivity contribution in [3.8, 4) is 0 Å². The molecule has 0 aromatic carbocycles. The van der Waals surface area contributed by atoms with Gasteiger partial charge in [0.1, 0.15) is 5.69 Å². The number of carbonyl (C=O) groups is 2. The maximum atomic E-state index is 11.9. The highest BCUT2D eigenvalue weighted by Crippen LogP contribution is 2.09. The summed E-state index contributed by atoms with van der Waals surface area (Å²) < 4.78 is 0. The summed E-state index contributed by atoms with van der Waals surface area (Å²) in [4.78, 5) is 26.5. The Bertz CT molecular complexity index is 593. The van der Waals surface area contributed by atoms with Crippen molar-refractivity contribution in [1.29, 1.82) is 0 Å². The minimum atomic E-state index is -1.06.